The zero-order valence-electron chi connectivity index (χ0n) is 16.9. The van der Waals surface area contributed by atoms with Crippen LogP contribution in [0.3, 0.4) is 0 Å². The number of aryl methyl sites for hydroxylation is 4. The number of hydrogen-bond acceptors (Lipinski definition) is 4. The minimum atomic E-state index is -0.359. The number of amides is 1. The lowest BCUT2D eigenvalue weighted by Gasteiger charge is -2.08. The molecule has 0 fully saturated rings. The van der Waals surface area contributed by atoms with Crippen molar-refractivity contribution in [2.75, 3.05) is 6.61 Å². The number of carbonyl (C=O) groups is 1. The fourth-order valence-corrected chi connectivity index (χ4v) is 3.04. The molecule has 3 aromatic rings. The first-order chi connectivity index (χ1) is 13.8. The SMILES string of the molecule is Cc1ccc(-n2nc(C)c(/C=N\NC(=O)COc3cc(C)ccc3C)c2Cl)cc1. The molecule has 0 unspecified atom stereocenters. The van der Waals surface area contributed by atoms with Crippen molar-refractivity contribution in [2.24, 2.45) is 5.10 Å². The highest BCUT2D eigenvalue weighted by Gasteiger charge is 2.13. The molecule has 0 saturated carbocycles. The predicted molar refractivity (Wildman–Crippen MR) is 115 cm³/mol. The molecule has 0 aliphatic rings. The standard InChI is InChI=1S/C22H23ClN4O2/c1-14-6-9-18(10-7-14)27-22(23)19(17(4)26-27)12-24-25-21(28)13-29-20-11-15(2)5-8-16(20)3/h5-12H,13H2,1-4H3,(H,25,28)/b24-12-. The van der Waals surface area contributed by atoms with Crippen molar-refractivity contribution in [1.29, 1.82) is 0 Å². The van der Waals surface area contributed by atoms with E-state index in [0.29, 0.717) is 22.2 Å². The Morgan fingerprint density at radius 1 is 1.14 bits per heavy atom. The Kier molecular flexibility index (Phi) is 6.34. The highest BCUT2D eigenvalue weighted by molar-refractivity contribution is 6.32. The van der Waals surface area contributed by atoms with Gasteiger partial charge in [0.25, 0.3) is 5.91 Å². The summed E-state index contributed by atoms with van der Waals surface area (Å²) in [6.45, 7) is 7.63. The number of aromatic nitrogens is 2. The van der Waals surface area contributed by atoms with Gasteiger partial charge in [-0.3, -0.25) is 4.79 Å². The first-order valence-corrected chi connectivity index (χ1v) is 9.57. The maximum Gasteiger partial charge on any atom is 0.277 e. The van der Waals surface area contributed by atoms with Crippen LogP contribution >= 0.6 is 11.6 Å². The van der Waals surface area contributed by atoms with Gasteiger partial charge in [0.1, 0.15) is 10.9 Å². The van der Waals surface area contributed by atoms with E-state index in [0.717, 1.165) is 22.4 Å². The number of benzene rings is 2. The normalized spacial score (nSPS) is 11.1. The van der Waals surface area contributed by atoms with Crippen molar-refractivity contribution in [3.63, 3.8) is 0 Å². The van der Waals surface area contributed by atoms with E-state index in [1.165, 1.54) is 6.21 Å². The number of rotatable bonds is 6. The second-order valence-electron chi connectivity index (χ2n) is 6.89. The minimum Gasteiger partial charge on any atom is -0.483 e. The molecule has 0 aliphatic carbocycles. The van der Waals surface area contributed by atoms with Crippen molar-refractivity contribution in [3.05, 3.63) is 75.6 Å². The van der Waals surface area contributed by atoms with Crippen LogP contribution in [0.1, 0.15) is 27.9 Å². The maximum atomic E-state index is 12.0. The highest BCUT2D eigenvalue weighted by Crippen LogP contribution is 2.22. The van der Waals surface area contributed by atoms with Crippen molar-refractivity contribution >= 4 is 23.7 Å². The van der Waals surface area contributed by atoms with E-state index in [-0.39, 0.29) is 12.5 Å². The molecule has 0 aliphatic heterocycles. The molecule has 6 nitrogen and oxygen atoms in total. The molecular weight excluding hydrogens is 388 g/mol. The molecule has 0 spiro atoms. The molecule has 0 radical (unpaired) electrons. The van der Waals surface area contributed by atoms with Gasteiger partial charge in [-0.1, -0.05) is 41.4 Å². The number of nitrogens with one attached hydrogen (secondary N) is 1. The zero-order chi connectivity index (χ0) is 21.0. The number of ether oxygens (including phenoxy) is 1. The summed E-state index contributed by atoms with van der Waals surface area (Å²) in [5, 5.41) is 8.88. The van der Waals surface area contributed by atoms with Crippen molar-refractivity contribution in [2.45, 2.75) is 27.7 Å². The number of carbonyl (C=O) groups excluding carboxylic acids is 1. The van der Waals surface area contributed by atoms with Gasteiger partial charge in [-0.25, -0.2) is 10.1 Å². The molecule has 1 amide bonds. The summed E-state index contributed by atoms with van der Waals surface area (Å²) in [7, 11) is 0. The Bertz CT molecular complexity index is 1060. The second kappa shape index (κ2) is 8.92. The molecule has 0 saturated heterocycles. The molecule has 2 aromatic carbocycles. The van der Waals surface area contributed by atoms with Crippen LogP contribution in [-0.2, 0) is 4.79 Å². The largest absolute Gasteiger partial charge is 0.483 e. The number of hydrogen-bond donors (Lipinski definition) is 1. The summed E-state index contributed by atoms with van der Waals surface area (Å²) in [6, 6.07) is 13.7. The summed E-state index contributed by atoms with van der Waals surface area (Å²) in [5.41, 5.74) is 7.86. The van der Waals surface area contributed by atoms with E-state index in [9.17, 15) is 4.79 Å². The van der Waals surface area contributed by atoms with Crippen molar-refractivity contribution in [1.82, 2.24) is 15.2 Å². The van der Waals surface area contributed by atoms with Crippen LogP contribution in [0.15, 0.2) is 47.6 Å². The summed E-state index contributed by atoms with van der Waals surface area (Å²) in [4.78, 5) is 12.0. The summed E-state index contributed by atoms with van der Waals surface area (Å²) in [5.74, 6) is 0.323. The smallest absolute Gasteiger partial charge is 0.277 e. The van der Waals surface area contributed by atoms with E-state index in [2.05, 4.69) is 15.6 Å². The highest BCUT2D eigenvalue weighted by atomic mass is 35.5. The van der Waals surface area contributed by atoms with Gasteiger partial charge in [-0.15, -0.1) is 0 Å². The van der Waals surface area contributed by atoms with Crippen LogP contribution in [0.5, 0.6) is 5.75 Å². The lowest BCUT2D eigenvalue weighted by atomic mass is 10.1. The van der Waals surface area contributed by atoms with E-state index in [4.69, 9.17) is 16.3 Å². The van der Waals surface area contributed by atoms with Crippen molar-refractivity contribution in [3.8, 4) is 11.4 Å². The molecule has 1 N–H and O–H groups in total. The van der Waals surface area contributed by atoms with E-state index < -0.39 is 0 Å². The minimum absolute atomic E-state index is 0.128. The average Bonchev–Trinajstić information content (AvgIpc) is 2.97. The quantitative estimate of drug-likeness (QED) is 0.487. The Labute approximate surface area is 175 Å². The average molecular weight is 411 g/mol. The number of hydrazone groups is 1. The molecule has 3 rings (SSSR count). The van der Waals surface area contributed by atoms with Crippen LogP contribution in [0.2, 0.25) is 5.15 Å². The van der Waals surface area contributed by atoms with Gasteiger partial charge >= 0.3 is 0 Å². The third-order valence-electron chi connectivity index (χ3n) is 4.41. The van der Waals surface area contributed by atoms with Crippen LogP contribution in [-0.4, -0.2) is 28.5 Å². The van der Waals surface area contributed by atoms with Gasteiger partial charge < -0.3 is 4.74 Å². The van der Waals surface area contributed by atoms with Crippen LogP contribution in [0.25, 0.3) is 5.69 Å². The summed E-state index contributed by atoms with van der Waals surface area (Å²) in [6.07, 6.45) is 1.49. The Morgan fingerprint density at radius 2 is 1.83 bits per heavy atom. The van der Waals surface area contributed by atoms with E-state index in [1.807, 2.05) is 70.2 Å². The van der Waals surface area contributed by atoms with Gasteiger partial charge in [0.2, 0.25) is 0 Å². The molecule has 1 heterocycles. The monoisotopic (exact) mass is 410 g/mol. The second-order valence-corrected chi connectivity index (χ2v) is 7.25. The summed E-state index contributed by atoms with van der Waals surface area (Å²) < 4.78 is 7.21. The fraction of sp³-hybridized carbons (Fsp3) is 0.227. The summed E-state index contributed by atoms with van der Waals surface area (Å²) >= 11 is 6.46. The van der Waals surface area contributed by atoms with Crippen LogP contribution in [0, 0.1) is 27.7 Å². The molecule has 7 heteroatoms. The third-order valence-corrected chi connectivity index (χ3v) is 4.78. The Morgan fingerprint density at radius 3 is 2.55 bits per heavy atom. The first-order valence-electron chi connectivity index (χ1n) is 9.19. The molecule has 150 valence electrons. The number of halogens is 1. The Balaban J connectivity index is 1.63. The lowest BCUT2D eigenvalue weighted by molar-refractivity contribution is -0.123. The van der Waals surface area contributed by atoms with E-state index in [1.54, 1.807) is 4.68 Å². The molecule has 0 atom stereocenters. The van der Waals surface area contributed by atoms with Crippen LogP contribution < -0.4 is 10.2 Å². The van der Waals surface area contributed by atoms with Crippen molar-refractivity contribution < 1.29 is 9.53 Å². The van der Waals surface area contributed by atoms with Gasteiger partial charge in [0, 0.05) is 0 Å². The molecular formula is C22H23ClN4O2. The third kappa shape index (κ3) is 5.03. The fourth-order valence-electron chi connectivity index (χ4n) is 2.72. The van der Waals surface area contributed by atoms with Crippen LogP contribution in [0.4, 0.5) is 0 Å². The molecule has 1 aromatic heterocycles. The van der Waals surface area contributed by atoms with Gasteiger partial charge in [-0.05, 0) is 57.0 Å². The van der Waals surface area contributed by atoms with Gasteiger partial charge in [-0.2, -0.15) is 10.2 Å². The maximum absolute atomic E-state index is 12.0. The van der Waals surface area contributed by atoms with Gasteiger partial charge in [0.05, 0.1) is 23.2 Å². The van der Waals surface area contributed by atoms with E-state index >= 15 is 0 Å². The number of nitrogens with zero attached hydrogens (tertiary/aromatic N) is 3. The first kappa shape index (κ1) is 20.6. The zero-order valence-corrected chi connectivity index (χ0v) is 17.6. The predicted octanol–water partition coefficient (Wildman–Crippen LogP) is 4.29. The topological polar surface area (TPSA) is 68.5 Å². The van der Waals surface area contributed by atoms with Gasteiger partial charge in [0.15, 0.2) is 6.61 Å². The molecule has 0 bridgehead atoms. The lowest BCUT2D eigenvalue weighted by Crippen LogP contribution is -2.24. The molecule has 29 heavy (non-hydrogen) atoms. The Hall–Kier alpha value is -3.12.